The predicted octanol–water partition coefficient (Wildman–Crippen LogP) is 4.05. The molecule has 4 rings (SSSR count). The molecule has 1 aromatic heterocycles. The Hall–Kier alpha value is -3.65. The molecule has 3 aromatic rings. The fourth-order valence-electron chi connectivity index (χ4n) is 2.84. The van der Waals surface area contributed by atoms with Gasteiger partial charge in [-0.05, 0) is 41.8 Å². The summed E-state index contributed by atoms with van der Waals surface area (Å²) in [6.07, 6.45) is 1.24. The Balaban J connectivity index is 1.74. The molecule has 0 bridgehead atoms. The molecule has 5 heteroatoms. The minimum Gasteiger partial charge on any atom is -0.497 e. The molecule has 1 aliphatic rings. The van der Waals surface area contributed by atoms with E-state index in [0.717, 1.165) is 16.9 Å². The topological polar surface area (TPSA) is 61.5 Å². The molecule has 0 spiro atoms. The van der Waals surface area contributed by atoms with Crippen molar-refractivity contribution in [2.24, 2.45) is 0 Å². The normalized spacial score (nSPS) is 15.5. The van der Waals surface area contributed by atoms with Gasteiger partial charge in [-0.25, -0.2) is 0 Å². The van der Waals surface area contributed by atoms with Crippen LogP contribution >= 0.6 is 0 Å². The molecule has 1 unspecified atom stereocenters. The molecule has 1 atom stereocenters. The van der Waals surface area contributed by atoms with Gasteiger partial charge >= 0.3 is 0 Å². The highest BCUT2D eigenvalue weighted by molar-refractivity contribution is 6.03. The number of anilines is 1. The fourth-order valence-corrected chi connectivity index (χ4v) is 2.84. The summed E-state index contributed by atoms with van der Waals surface area (Å²) in [5.41, 5.74) is 2.55. The quantitative estimate of drug-likeness (QED) is 0.689. The van der Waals surface area contributed by atoms with Gasteiger partial charge in [-0.3, -0.25) is 10.3 Å². The second-order valence-electron chi connectivity index (χ2n) is 5.80. The number of fused-ring (bicyclic) bond motifs is 1. The number of benzene rings is 2. The Labute approximate surface area is 151 Å². The van der Waals surface area contributed by atoms with E-state index in [2.05, 4.69) is 17.3 Å². The van der Waals surface area contributed by atoms with Gasteiger partial charge in [0.25, 0.3) is 0 Å². The Morgan fingerprint density at radius 2 is 1.85 bits per heavy atom. The van der Waals surface area contributed by atoms with Crippen LogP contribution in [-0.2, 0) is 0 Å². The zero-order valence-corrected chi connectivity index (χ0v) is 14.2. The third kappa shape index (κ3) is 2.89. The summed E-state index contributed by atoms with van der Waals surface area (Å²) in [6.45, 7) is 0. The SMILES string of the molecule is COc1ccc(C2Nc3occc3C(=N)N2C#Cc2ccccc2)cc1. The molecule has 2 N–H and O–H groups in total. The predicted molar refractivity (Wildman–Crippen MR) is 100 cm³/mol. The van der Waals surface area contributed by atoms with Gasteiger partial charge in [-0.1, -0.05) is 30.3 Å². The summed E-state index contributed by atoms with van der Waals surface area (Å²) < 4.78 is 10.7. The van der Waals surface area contributed by atoms with E-state index in [1.54, 1.807) is 24.3 Å². The van der Waals surface area contributed by atoms with Gasteiger partial charge in [-0.15, -0.1) is 0 Å². The lowest BCUT2D eigenvalue weighted by atomic mass is 10.1. The van der Waals surface area contributed by atoms with Crippen LogP contribution in [0.25, 0.3) is 0 Å². The lowest BCUT2D eigenvalue weighted by Crippen LogP contribution is -2.39. The maximum absolute atomic E-state index is 8.57. The van der Waals surface area contributed by atoms with E-state index in [0.29, 0.717) is 17.3 Å². The number of furan rings is 1. The number of nitrogens with one attached hydrogen (secondary N) is 2. The first kappa shape index (κ1) is 15.9. The largest absolute Gasteiger partial charge is 0.497 e. The molecule has 26 heavy (non-hydrogen) atoms. The monoisotopic (exact) mass is 343 g/mol. The van der Waals surface area contributed by atoms with Gasteiger partial charge in [0.15, 0.2) is 0 Å². The standard InChI is InChI=1S/C21H17N3O2/c1-25-17-9-7-16(8-10-17)20-23-21-18(12-14-26-21)19(22)24(20)13-11-15-5-3-2-4-6-15/h2-10,12,14,20,22-23H,1H3. The molecule has 2 heterocycles. The zero-order chi connectivity index (χ0) is 17.9. The van der Waals surface area contributed by atoms with Gasteiger partial charge in [-0.2, -0.15) is 0 Å². The van der Waals surface area contributed by atoms with Crippen LogP contribution < -0.4 is 10.1 Å². The van der Waals surface area contributed by atoms with E-state index in [1.165, 1.54) is 0 Å². The number of hydrogen-bond donors (Lipinski definition) is 2. The minimum atomic E-state index is -0.330. The molecular weight excluding hydrogens is 326 g/mol. The number of hydrogen-bond acceptors (Lipinski definition) is 4. The highest BCUT2D eigenvalue weighted by Crippen LogP contribution is 2.33. The van der Waals surface area contributed by atoms with E-state index in [4.69, 9.17) is 14.6 Å². The maximum Gasteiger partial charge on any atom is 0.205 e. The first-order valence-corrected chi connectivity index (χ1v) is 8.19. The van der Waals surface area contributed by atoms with Crippen molar-refractivity contribution in [2.45, 2.75) is 6.17 Å². The van der Waals surface area contributed by atoms with Gasteiger partial charge in [0.2, 0.25) is 5.88 Å². The molecule has 0 radical (unpaired) electrons. The van der Waals surface area contributed by atoms with Crippen LogP contribution in [0.2, 0.25) is 0 Å². The number of rotatable bonds is 2. The Kier molecular flexibility index (Phi) is 4.08. The molecule has 0 fully saturated rings. The van der Waals surface area contributed by atoms with Gasteiger partial charge in [0.1, 0.15) is 17.8 Å². The van der Waals surface area contributed by atoms with Gasteiger partial charge in [0.05, 0.1) is 18.9 Å². The fraction of sp³-hybridized carbons (Fsp3) is 0.0952. The molecule has 128 valence electrons. The van der Waals surface area contributed by atoms with Crippen LogP contribution in [-0.4, -0.2) is 17.8 Å². The molecular formula is C21H17N3O2. The van der Waals surface area contributed by atoms with Crippen LogP contribution in [0.5, 0.6) is 5.75 Å². The highest BCUT2D eigenvalue weighted by Gasteiger charge is 2.31. The van der Waals surface area contributed by atoms with Crippen molar-refractivity contribution in [1.82, 2.24) is 4.90 Å². The van der Waals surface area contributed by atoms with E-state index in [9.17, 15) is 0 Å². The van der Waals surface area contributed by atoms with Crippen molar-refractivity contribution >= 4 is 11.7 Å². The van der Waals surface area contributed by atoms with E-state index in [1.807, 2.05) is 54.6 Å². The zero-order valence-electron chi connectivity index (χ0n) is 14.2. The number of amidine groups is 1. The Bertz CT molecular complexity index is 981. The maximum atomic E-state index is 8.57. The van der Waals surface area contributed by atoms with Crippen LogP contribution in [0.1, 0.15) is 22.9 Å². The van der Waals surface area contributed by atoms with E-state index in [-0.39, 0.29) is 6.17 Å². The summed E-state index contributed by atoms with van der Waals surface area (Å²) in [4.78, 5) is 1.71. The van der Waals surface area contributed by atoms with E-state index < -0.39 is 0 Å². The first-order valence-electron chi connectivity index (χ1n) is 8.19. The number of ether oxygens (including phenoxy) is 1. The number of methoxy groups -OCH3 is 1. The van der Waals surface area contributed by atoms with Gasteiger partial charge < -0.3 is 14.5 Å². The third-order valence-electron chi connectivity index (χ3n) is 4.21. The van der Waals surface area contributed by atoms with Crippen molar-refractivity contribution in [2.75, 3.05) is 12.4 Å². The summed E-state index contributed by atoms with van der Waals surface area (Å²) >= 11 is 0. The second-order valence-corrected chi connectivity index (χ2v) is 5.80. The Morgan fingerprint density at radius 1 is 1.08 bits per heavy atom. The van der Waals surface area contributed by atoms with Crippen molar-refractivity contribution in [3.05, 3.63) is 83.6 Å². The second kappa shape index (κ2) is 6.69. The molecule has 0 saturated heterocycles. The summed E-state index contributed by atoms with van der Waals surface area (Å²) in [5, 5.41) is 11.9. The third-order valence-corrected chi connectivity index (χ3v) is 4.21. The Morgan fingerprint density at radius 3 is 2.58 bits per heavy atom. The molecule has 2 aromatic carbocycles. The summed E-state index contributed by atoms with van der Waals surface area (Å²) in [7, 11) is 1.64. The van der Waals surface area contributed by atoms with Crippen molar-refractivity contribution in [3.8, 4) is 17.7 Å². The van der Waals surface area contributed by atoms with Gasteiger partial charge in [0, 0.05) is 11.6 Å². The minimum absolute atomic E-state index is 0.303. The lowest BCUT2D eigenvalue weighted by molar-refractivity contribution is 0.413. The first-order chi connectivity index (χ1) is 12.8. The molecule has 0 saturated carbocycles. The summed E-state index contributed by atoms with van der Waals surface area (Å²) in [5.74, 6) is 4.79. The van der Waals surface area contributed by atoms with Crippen LogP contribution in [0.3, 0.4) is 0 Å². The van der Waals surface area contributed by atoms with Crippen molar-refractivity contribution in [3.63, 3.8) is 0 Å². The van der Waals surface area contributed by atoms with E-state index >= 15 is 0 Å². The average molecular weight is 343 g/mol. The molecule has 5 nitrogen and oxygen atoms in total. The smallest absolute Gasteiger partial charge is 0.205 e. The van der Waals surface area contributed by atoms with Crippen LogP contribution in [0.15, 0.2) is 71.3 Å². The average Bonchev–Trinajstić information content (AvgIpc) is 3.17. The molecule has 1 aliphatic heterocycles. The molecule has 0 aliphatic carbocycles. The van der Waals surface area contributed by atoms with Crippen LogP contribution in [0.4, 0.5) is 5.88 Å². The van der Waals surface area contributed by atoms with Crippen LogP contribution in [0, 0.1) is 17.4 Å². The highest BCUT2D eigenvalue weighted by atomic mass is 16.5. The number of nitrogens with zero attached hydrogens (tertiary/aromatic N) is 1. The summed E-state index contributed by atoms with van der Waals surface area (Å²) in [6, 6.07) is 22.3. The van der Waals surface area contributed by atoms with Crippen molar-refractivity contribution < 1.29 is 9.15 Å². The molecule has 0 amide bonds. The lowest BCUT2D eigenvalue weighted by Gasteiger charge is -2.33. The van der Waals surface area contributed by atoms with Crippen molar-refractivity contribution in [1.29, 1.82) is 5.41 Å².